The minimum Gasteiger partial charge on any atom is -0.339 e. The van der Waals surface area contributed by atoms with E-state index >= 15 is 0 Å². The predicted molar refractivity (Wildman–Crippen MR) is 79.4 cm³/mol. The lowest BCUT2D eigenvalue weighted by atomic mass is 10.1. The number of anilines is 2. The maximum atomic E-state index is 5.76. The molecule has 1 aromatic heterocycles. The third-order valence-corrected chi connectivity index (χ3v) is 3.16. The molecule has 0 radical (unpaired) electrons. The molecule has 0 saturated heterocycles. The first kappa shape index (κ1) is 11.7. The third-order valence-electron chi connectivity index (χ3n) is 3.16. The van der Waals surface area contributed by atoms with Crippen molar-refractivity contribution >= 4 is 22.3 Å². The number of benzene rings is 2. The first-order valence-electron chi connectivity index (χ1n) is 6.27. The summed E-state index contributed by atoms with van der Waals surface area (Å²) in [6, 6.07) is 18.2. The SMILES string of the molecule is NCc1ccccc1Nc1nccc2ccccc12. The van der Waals surface area contributed by atoms with E-state index in [2.05, 4.69) is 22.4 Å². The smallest absolute Gasteiger partial charge is 0.138 e. The number of nitrogens with two attached hydrogens (primary N) is 1. The van der Waals surface area contributed by atoms with Crippen LogP contribution < -0.4 is 11.1 Å². The van der Waals surface area contributed by atoms with Gasteiger partial charge in [-0.05, 0) is 23.1 Å². The molecule has 0 bridgehead atoms. The Balaban J connectivity index is 2.06. The van der Waals surface area contributed by atoms with Crippen LogP contribution in [0.4, 0.5) is 11.5 Å². The van der Waals surface area contributed by atoms with Gasteiger partial charge in [0.25, 0.3) is 0 Å². The molecule has 19 heavy (non-hydrogen) atoms. The topological polar surface area (TPSA) is 50.9 Å². The summed E-state index contributed by atoms with van der Waals surface area (Å²) in [4.78, 5) is 4.43. The van der Waals surface area contributed by atoms with Crippen molar-refractivity contribution in [2.75, 3.05) is 5.32 Å². The number of nitrogens with zero attached hydrogens (tertiary/aromatic N) is 1. The lowest BCUT2D eigenvalue weighted by molar-refractivity contribution is 1.07. The van der Waals surface area contributed by atoms with Crippen LogP contribution in [0.3, 0.4) is 0 Å². The molecule has 0 spiro atoms. The van der Waals surface area contributed by atoms with Crippen LogP contribution in [-0.4, -0.2) is 4.98 Å². The second-order valence-electron chi connectivity index (χ2n) is 4.37. The number of nitrogens with one attached hydrogen (secondary N) is 1. The zero-order valence-electron chi connectivity index (χ0n) is 10.5. The number of pyridine rings is 1. The van der Waals surface area contributed by atoms with Crippen LogP contribution in [0.5, 0.6) is 0 Å². The molecule has 0 aliphatic carbocycles. The average molecular weight is 249 g/mol. The van der Waals surface area contributed by atoms with Crippen LogP contribution in [0.1, 0.15) is 5.56 Å². The maximum absolute atomic E-state index is 5.76. The molecule has 3 rings (SSSR count). The molecule has 0 fully saturated rings. The van der Waals surface area contributed by atoms with Gasteiger partial charge in [-0.25, -0.2) is 4.98 Å². The number of para-hydroxylation sites is 1. The molecule has 3 aromatic rings. The number of hydrogen-bond acceptors (Lipinski definition) is 3. The highest BCUT2D eigenvalue weighted by Crippen LogP contribution is 2.25. The summed E-state index contributed by atoms with van der Waals surface area (Å²) in [6.07, 6.45) is 1.82. The Bertz CT molecular complexity index is 702. The highest BCUT2D eigenvalue weighted by atomic mass is 15.0. The second-order valence-corrected chi connectivity index (χ2v) is 4.37. The number of rotatable bonds is 3. The lowest BCUT2D eigenvalue weighted by Gasteiger charge is -2.11. The fourth-order valence-electron chi connectivity index (χ4n) is 2.17. The van der Waals surface area contributed by atoms with Gasteiger partial charge in [0.1, 0.15) is 5.82 Å². The summed E-state index contributed by atoms with van der Waals surface area (Å²) in [7, 11) is 0. The Kier molecular flexibility index (Phi) is 3.12. The van der Waals surface area contributed by atoms with Crippen molar-refractivity contribution in [1.29, 1.82) is 0 Å². The number of hydrogen-bond donors (Lipinski definition) is 2. The summed E-state index contributed by atoms with van der Waals surface area (Å²) < 4.78 is 0. The molecule has 94 valence electrons. The van der Waals surface area contributed by atoms with E-state index < -0.39 is 0 Å². The number of aromatic nitrogens is 1. The van der Waals surface area contributed by atoms with Crippen LogP contribution >= 0.6 is 0 Å². The molecule has 1 heterocycles. The Hall–Kier alpha value is -2.39. The normalized spacial score (nSPS) is 10.6. The average Bonchev–Trinajstić information content (AvgIpc) is 2.48. The molecule has 3 heteroatoms. The van der Waals surface area contributed by atoms with Crippen LogP contribution in [0.15, 0.2) is 60.8 Å². The minimum absolute atomic E-state index is 0.508. The fraction of sp³-hybridized carbons (Fsp3) is 0.0625. The molecule has 0 unspecified atom stereocenters. The number of fused-ring (bicyclic) bond motifs is 1. The van der Waals surface area contributed by atoms with E-state index in [-0.39, 0.29) is 0 Å². The molecule has 3 nitrogen and oxygen atoms in total. The largest absolute Gasteiger partial charge is 0.339 e. The van der Waals surface area contributed by atoms with Crippen molar-refractivity contribution in [3.63, 3.8) is 0 Å². The quantitative estimate of drug-likeness (QED) is 0.747. The molecular formula is C16H15N3. The fourth-order valence-corrected chi connectivity index (χ4v) is 2.17. The van der Waals surface area contributed by atoms with Gasteiger partial charge in [0.15, 0.2) is 0 Å². The van der Waals surface area contributed by atoms with Gasteiger partial charge in [0.2, 0.25) is 0 Å². The monoisotopic (exact) mass is 249 g/mol. The molecular weight excluding hydrogens is 234 g/mol. The van der Waals surface area contributed by atoms with Gasteiger partial charge in [-0.3, -0.25) is 0 Å². The van der Waals surface area contributed by atoms with Crippen LogP contribution in [-0.2, 0) is 6.54 Å². The zero-order chi connectivity index (χ0) is 13.1. The van der Waals surface area contributed by atoms with Crippen molar-refractivity contribution in [3.8, 4) is 0 Å². The van der Waals surface area contributed by atoms with Gasteiger partial charge in [0.05, 0.1) is 0 Å². The van der Waals surface area contributed by atoms with E-state index in [1.165, 1.54) is 5.39 Å². The standard InChI is InChI=1S/C16H15N3/c17-11-13-6-2-4-8-15(13)19-16-14-7-3-1-5-12(14)9-10-18-16/h1-10H,11,17H2,(H,18,19). The van der Waals surface area contributed by atoms with Crippen LogP contribution in [0.25, 0.3) is 10.8 Å². The Labute approximate surface area is 112 Å². The summed E-state index contributed by atoms with van der Waals surface area (Å²) in [5.74, 6) is 0.860. The lowest BCUT2D eigenvalue weighted by Crippen LogP contribution is -2.02. The van der Waals surface area contributed by atoms with Crippen molar-refractivity contribution in [2.45, 2.75) is 6.54 Å². The second kappa shape index (κ2) is 5.08. The minimum atomic E-state index is 0.508. The van der Waals surface area contributed by atoms with E-state index in [0.717, 1.165) is 22.5 Å². The van der Waals surface area contributed by atoms with Gasteiger partial charge in [0, 0.05) is 23.8 Å². The molecule has 0 saturated carbocycles. The van der Waals surface area contributed by atoms with Gasteiger partial charge in [-0.1, -0.05) is 42.5 Å². The van der Waals surface area contributed by atoms with Gasteiger partial charge >= 0.3 is 0 Å². The van der Waals surface area contributed by atoms with Gasteiger partial charge in [-0.2, -0.15) is 0 Å². The highest BCUT2D eigenvalue weighted by molar-refractivity contribution is 5.93. The zero-order valence-corrected chi connectivity index (χ0v) is 10.5. The Morgan fingerprint density at radius 1 is 0.947 bits per heavy atom. The predicted octanol–water partition coefficient (Wildman–Crippen LogP) is 3.44. The molecule has 0 aliphatic rings. The van der Waals surface area contributed by atoms with Crippen LogP contribution in [0, 0.1) is 0 Å². The van der Waals surface area contributed by atoms with Crippen molar-refractivity contribution < 1.29 is 0 Å². The van der Waals surface area contributed by atoms with Crippen molar-refractivity contribution in [1.82, 2.24) is 4.98 Å². The van der Waals surface area contributed by atoms with Gasteiger partial charge in [-0.15, -0.1) is 0 Å². The van der Waals surface area contributed by atoms with E-state index in [0.29, 0.717) is 6.54 Å². The Morgan fingerprint density at radius 2 is 1.74 bits per heavy atom. The molecule has 3 N–H and O–H groups in total. The first-order valence-corrected chi connectivity index (χ1v) is 6.27. The molecule has 0 amide bonds. The van der Waals surface area contributed by atoms with Gasteiger partial charge < -0.3 is 11.1 Å². The molecule has 0 aliphatic heterocycles. The third kappa shape index (κ3) is 2.28. The summed E-state index contributed by atoms with van der Waals surface area (Å²) in [6.45, 7) is 0.508. The first-order chi connectivity index (χ1) is 9.38. The molecule has 2 aromatic carbocycles. The van der Waals surface area contributed by atoms with E-state index in [4.69, 9.17) is 5.73 Å². The summed E-state index contributed by atoms with van der Waals surface area (Å²) in [5, 5.41) is 5.66. The summed E-state index contributed by atoms with van der Waals surface area (Å²) >= 11 is 0. The van der Waals surface area contributed by atoms with E-state index in [9.17, 15) is 0 Å². The van der Waals surface area contributed by atoms with Crippen molar-refractivity contribution in [2.24, 2.45) is 5.73 Å². The van der Waals surface area contributed by atoms with Crippen molar-refractivity contribution in [3.05, 3.63) is 66.4 Å². The summed E-state index contributed by atoms with van der Waals surface area (Å²) in [5.41, 5.74) is 7.85. The Morgan fingerprint density at radius 3 is 2.63 bits per heavy atom. The van der Waals surface area contributed by atoms with E-state index in [1.54, 1.807) is 0 Å². The highest BCUT2D eigenvalue weighted by Gasteiger charge is 2.04. The maximum Gasteiger partial charge on any atom is 0.138 e. The van der Waals surface area contributed by atoms with Crippen LogP contribution in [0.2, 0.25) is 0 Å². The molecule has 0 atom stereocenters. The van der Waals surface area contributed by atoms with E-state index in [1.807, 2.05) is 48.7 Å².